The van der Waals surface area contributed by atoms with E-state index in [9.17, 15) is 9.59 Å². The molecule has 1 aliphatic rings. The first-order valence-electron chi connectivity index (χ1n) is 15.9. The summed E-state index contributed by atoms with van der Waals surface area (Å²) in [7, 11) is 1.61. The third-order valence-electron chi connectivity index (χ3n) is 7.46. The minimum Gasteiger partial charge on any atom is -0.493 e. The number of methoxy groups -OCH3 is 1. The molecule has 0 atom stereocenters. The lowest BCUT2D eigenvalue weighted by Crippen LogP contribution is -2.49. The van der Waals surface area contributed by atoms with Crippen molar-refractivity contribution in [2.45, 2.75) is 33.6 Å². The lowest BCUT2D eigenvalue weighted by Gasteiger charge is -2.34. The first kappa shape index (κ1) is 37.3. The summed E-state index contributed by atoms with van der Waals surface area (Å²) >= 11 is 4.64. The van der Waals surface area contributed by atoms with Crippen LogP contribution in [-0.4, -0.2) is 96.7 Å². The maximum Gasteiger partial charge on any atom is 0.255 e. The van der Waals surface area contributed by atoms with Crippen molar-refractivity contribution >= 4 is 39.9 Å². The number of piperazine rings is 1. The number of nitrogens with zero attached hydrogens (tertiary/aromatic N) is 4. The molecule has 1 fully saturated rings. The Bertz CT molecular complexity index is 1590. The summed E-state index contributed by atoms with van der Waals surface area (Å²) in [6.45, 7) is 13.3. The monoisotopic (exact) mass is 666 g/mol. The van der Waals surface area contributed by atoms with Gasteiger partial charge in [-0.05, 0) is 35.7 Å². The molecule has 0 bridgehead atoms. The Hall–Kier alpha value is -4.19. The summed E-state index contributed by atoms with van der Waals surface area (Å²) in [5, 5.41) is 4.25. The number of amides is 1. The Morgan fingerprint density at radius 3 is 2.43 bits per heavy atom. The number of halogens is 1. The SMILES string of the molecule is CC.CCl.COc1cc2c(Nc3cccc(C(C)C)c3)ncnc2cc1OCCOCCN1CCN(C(=O)c2ccc(=O)[nH]c2)CC1. The number of benzene rings is 2. The second kappa shape index (κ2) is 19.5. The molecule has 0 spiro atoms. The van der Waals surface area contributed by atoms with Crippen LogP contribution in [-0.2, 0) is 4.74 Å². The van der Waals surface area contributed by atoms with Crippen LogP contribution in [0.25, 0.3) is 10.9 Å². The lowest BCUT2D eigenvalue weighted by atomic mass is 10.0. The van der Waals surface area contributed by atoms with Crippen LogP contribution in [0.5, 0.6) is 11.5 Å². The number of rotatable bonds is 12. The van der Waals surface area contributed by atoms with Crippen molar-refractivity contribution in [3.63, 3.8) is 0 Å². The molecular formula is C35H47ClN6O5. The summed E-state index contributed by atoms with van der Waals surface area (Å²) in [5.74, 6) is 2.24. The number of carbonyl (C=O) groups excluding carboxylic acids is 1. The first-order valence-corrected chi connectivity index (χ1v) is 16.7. The number of hydrogen-bond acceptors (Lipinski definition) is 9. The molecule has 11 nitrogen and oxygen atoms in total. The molecule has 2 aromatic carbocycles. The van der Waals surface area contributed by atoms with Crippen LogP contribution in [0.3, 0.4) is 0 Å². The van der Waals surface area contributed by atoms with Crippen molar-refractivity contribution in [1.82, 2.24) is 24.8 Å². The van der Waals surface area contributed by atoms with Crippen LogP contribution < -0.4 is 20.3 Å². The fourth-order valence-corrected chi connectivity index (χ4v) is 4.96. The van der Waals surface area contributed by atoms with Gasteiger partial charge >= 0.3 is 0 Å². The highest BCUT2D eigenvalue weighted by Crippen LogP contribution is 2.35. The third kappa shape index (κ3) is 10.7. The normalized spacial score (nSPS) is 12.9. The summed E-state index contributed by atoms with van der Waals surface area (Å²) in [5.41, 5.74) is 3.23. The predicted molar refractivity (Wildman–Crippen MR) is 189 cm³/mol. The molecule has 0 radical (unpaired) electrons. The van der Waals surface area contributed by atoms with Crippen molar-refractivity contribution in [3.8, 4) is 11.5 Å². The Kier molecular flexibility index (Phi) is 15.4. The van der Waals surface area contributed by atoms with Gasteiger partial charge < -0.3 is 29.4 Å². The average Bonchev–Trinajstić information content (AvgIpc) is 3.11. The number of fused-ring (bicyclic) bond motifs is 1. The maximum atomic E-state index is 12.6. The van der Waals surface area contributed by atoms with Gasteiger partial charge in [-0.3, -0.25) is 14.5 Å². The van der Waals surface area contributed by atoms with Crippen LogP contribution >= 0.6 is 11.6 Å². The van der Waals surface area contributed by atoms with Crippen LogP contribution in [0.15, 0.2) is 65.8 Å². The summed E-state index contributed by atoms with van der Waals surface area (Å²) in [6.07, 6.45) is 4.48. The molecule has 47 heavy (non-hydrogen) atoms. The highest BCUT2D eigenvalue weighted by atomic mass is 35.5. The predicted octanol–water partition coefficient (Wildman–Crippen LogP) is 5.93. The molecule has 12 heteroatoms. The Morgan fingerprint density at radius 1 is 0.979 bits per heavy atom. The summed E-state index contributed by atoms with van der Waals surface area (Å²) in [4.78, 5) is 39.4. The second-order valence-corrected chi connectivity index (χ2v) is 10.7. The molecule has 2 N–H and O–H groups in total. The van der Waals surface area contributed by atoms with E-state index in [1.54, 1.807) is 13.2 Å². The average molecular weight is 667 g/mol. The maximum absolute atomic E-state index is 12.6. The molecule has 1 amide bonds. The minimum absolute atomic E-state index is 0.0659. The molecule has 1 aliphatic heterocycles. The number of ether oxygens (including phenoxy) is 3. The van der Waals surface area contributed by atoms with E-state index in [0.717, 1.165) is 36.2 Å². The van der Waals surface area contributed by atoms with Crippen molar-refractivity contribution in [3.05, 3.63) is 82.5 Å². The fraction of sp³-hybridized carbons (Fsp3) is 0.429. The number of alkyl halides is 1. The third-order valence-corrected chi connectivity index (χ3v) is 7.46. The van der Waals surface area contributed by atoms with Gasteiger partial charge in [0.15, 0.2) is 11.5 Å². The molecule has 1 saturated heterocycles. The number of aromatic amines is 1. The quantitative estimate of drug-likeness (QED) is 0.140. The number of nitrogens with one attached hydrogen (secondary N) is 2. The Balaban J connectivity index is 0.00000144. The largest absolute Gasteiger partial charge is 0.493 e. The molecular weight excluding hydrogens is 620 g/mol. The molecule has 4 aromatic rings. The topological polar surface area (TPSA) is 122 Å². The van der Waals surface area contributed by atoms with Crippen LogP contribution in [0.4, 0.5) is 11.5 Å². The number of anilines is 2. The lowest BCUT2D eigenvalue weighted by molar-refractivity contribution is 0.0504. The van der Waals surface area contributed by atoms with Crippen LogP contribution in [0.2, 0.25) is 0 Å². The zero-order valence-electron chi connectivity index (χ0n) is 28.2. The number of aromatic nitrogens is 3. The van der Waals surface area contributed by atoms with Crippen molar-refractivity contribution in [2.24, 2.45) is 0 Å². The van der Waals surface area contributed by atoms with Gasteiger partial charge in [-0.25, -0.2) is 9.97 Å². The molecule has 3 heterocycles. The van der Waals surface area contributed by atoms with E-state index < -0.39 is 0 Å². The minimum atomic E-state index is -0.219. The van der Waals surface area contributed by atoms with E-state index in [-0.39, 0.29) is 11.5 Å². The highest BCUT2D eigenvalue weighted by Gasteiger charge is 2.22. The van der Waals surface area contributed by atoms with E-state index in [1.165, 1.54) is 30.5 Å². The zero-order chi connectivity index (χ0) is 34.2. The number of H-pyrrole nitrogens is 1. The molecule has 2 aromatic heterocycles. The smallest absolute Gasteiger partial charge is 0.255 e. The van der Waals surface area contributed by atoms with Gasteiger partial charge in [0.2, 0.25) is 5.56 Å². The molecule has 0 aliphatic carbocycles. The van der Waals surface area contributed by atoms with E-state index in [1.807, 2.05) is 43.0 Å². The van der Waals surface area contributed by atoms with Gasteiger partial charge in [0, 0.05) is 68.5 Å². The number of hydrogen-bond donors (Lipinski definition) is 2. The van der Waals surface area contributed by atoms with Gasteiger partial charge in [-0.15, -0.1) is 11.6 Å². The van der Waals surface area contributed by atoms with Gasteiger partial charge in [0.25, 0.3) is 5.91 Å². The summed E-state index contributed by atoms with van der Waals surface area (Å²) < 4.78 is 17.5. The van der Waals surface area contributed by atoms with Crippen LogP contribution in [0, 0.1) is 0 Å². The number of carbonyl (C=O) groups is 1. The van der Waals surface area contributed by atoms with Gasteiger partial charge in [0.1, 0.15) is 18.8 Å². The fourth-order valence-electron chi connectivity index (χ4n) is 4.96. The molecule has 254 valence electrons. The summed E-state index contributed by atoms with van der Waals surface area (Å²) in [6, 6.07) is 15.0. The standard InChI is InChI=1S/C32H38N6O5.C2H6.CH3Cl/c1-22(2)23-5-4-6-25(17-23)36-31-26-18-28(41-3)29(19-27(26)34-21-35-31)43-16-15-42-14-13-37-9-11-38(12-10-37)32(40)24-7-8-30(39)33-20-24;2*1-2/h4-8,17-22H,9-16H2,1-3H3,(H,33,39)(H,34,35,36);1-2H3;1H3. The Morgan fingerprint density at radius 2 is 1.74 bits per heavy atom. The van der Waals surface area contributed by atoms with E-state index in [2.05, 4.69) is 62.7 Å². The van der Waals surface area contributed by atoms with Crippen molar-refractivity contribution in [1.29, 1.82) is 0 Å². The molecule has 0 saturated carbocycles. The second-order valence-electron chi connectivity index (χ2n) is 10.7. The Labute approximate surface area is 282 Å². The molecule has 0 unspecified atom stereocenters. The van der Waals surface area contributed by atoms with Gasteiger partial charge in [-0.2, -0.15) is 0 Å². The number of pyridine rings is 1. The molecule has 5 rings (SSSR count). The zero-order valence-corrected chi connectivity index (χ0v) is 29.0. The van der Waals surface area contributed by atoms with E-state index in [4.69, 9.17) is 14.2 Å². The highest BCUT2D eigenvalue weighted by molar-refractivity contribution is 6.15. The van der Waals surface area contributed by atoms with Crippen molar-refractivity contribution in [2.75, 3.05) is 71.4 Å². The van der Waals surface area contributed by atoms with E-state index in [0.29, 0.717) is 61.7 Å². The van der Waals surface area contributed by atoms with Gasteiger partial charge in [0.05, 0.1) is 31.4 Å². The van der Waals surface area contributed by atoms with E-state index >= 15 is 0 Å². The van der Waals surface area contributed by atoms with Gasteiger partial charge in [-0.1, -0.05) is 39.8 Å². The van der Waals surface area contributed by atoms with Crippen molar-refractivity contribution < 1.29 is 19.0 Å². The first-order chi connectivity index (χ1) is 22.9. The van der Waals surface area contributed by atoms with Crippen LogP contribution in [0.1, 0.15) is 49.5 Å².